The van der Waals surface area contributed by atoms with Gasteiger partial charge in [0, 0.05) is 35.0 Å². The van der Waals surface area contributed by atoms with Crippen molar-refractivity contribution >= 4 is 55.2 Å². The Bertz CT molecular complexity index is 1420. The van der Waals surface area contributed by atoms with Crippen LogP contribution >= 0.6 is 0 Å². The van der Waals surface area contributed by atoms with Crippen LogP contribution in [0.3, 0.4) is 0 Å². The van der Waals surface area contributed by atoms with E-state index in [0.717, 1.165) is 40.3 Å². The van der Waals surface area contributed by atoms with Gasteiger partial charge in [0.1, 0.15) is 11.6 Å². The monoisotopic (exact) mass is 588 g/mol. The summed E-state index contributed by atoms with van der Waals surface area (Å²) < 4.78 is 15.7. The van der Waals surface area contributed by atoms with Crippen molar-refractivity contribution in [1.82, 2.24) is 14.8 Å². The molecule has 0 bridgehead atoms. The summed E-state index contributed by atoms with van der Waals surface area (Å²) in [6, 6.07) is 19.7. The fourth-order valence-electron chi connectivity index (χ4n) is 4.71. The number of nitrogens with zero attached hydrogens (tertiary/aromatic N) is 3. The molecule has 0 aliphatic heterocycles. The number of carboxylic acids is 1. The molecule has 0 saturated carbocycles. The second-order valence-corrected chi connectivity index (χ2v) is 10.0. The van der Waals surface area contributed by atoms with Crippen LogP contribution < -0.4 is 5.32 Å². The summed E-state index contributed by atoms with van der Waals surface area (Å²) in [5.74, 6) is -0.718. The maximum absolute atomic E-state index is 13.9. The molecule has 4 aromatic rings. The number of rotatable bonds is 13. The Kier molecular flexibility index (Phi) is 12.3. The first-order chi connectivity index (χ1) is 19.2. The molecule has 41 heavy (non-hydrogen) atoms. The zero-order chi connectivity index (χ0) is 28.6. The van der Waals surface area contributed by atoms with Crippen LogP contribution in [0.25, 0.3) is 16.9 Å². The molecule has 4 N–H and O–H groups in total. The van der Waals surface area contributed by atoms with Gasteiger partial charge in [-0.1, -0.05) is 32.0 Å². The van der Waals surface area contributed by atoms with Crippen LogP contribution in [0.5, 0.6) is 0 Å². The van der Waals surface area contributed by atoms with E-state index in [1.807, 2.05) is 47.1 Å². The van der Waals surface area contributed by atoms with E-state index in [9.17, 15) is 19.4 Å². The molecule has 0 radical (unpaired) electrons. The number of pyridine rings is 1. The third kappa shape index (κ3) is 8.83. The van der Waals surface area contributed by atoms with Gasteiger partial charge < -0.3 is 20.6 Å². The Hall–Kier alpha value is -2.82. The second kappa shape index (κ2) is 15.4. The number of halogens is 1. The molecule has 0 aliphatic rings. The van der Waals surface area contributed by atoms with E-state index in [-0.39, 0.29) is 55.9 Å². The van der Waals surface area contributed by atoms with E-state index in [4.69, 9.17) is 10.2 Å². The first-order valence-corrected chi connectivity index (χ1v) is 13.5. The number of nitrogens with one attached hydrogen (secondary N) is 1. The fraction of sp³-hybridized carbons (Fsp3) is 0.323. The van der Waals surface area contributed by atoms with Gasteiger partial charge in [-0.25, -0.2) is 14.1 Å². The number of aliphatic hydroxyl groups excluding tert-OH is 2. The van der Waals surface area contributed by atoms with Gasteiger partial charge in [-0.3, -0.25) is 4.79 Å². The van der Waals surface area contributed by atoms with Crippen LogP contribution in [0.15, 0.2) is 72.9 Å². The van der Waals surface area contributed by atoms with Gasteiger partial charge >= 0.3 is 43.7 Å². The third-order valence-electron chi connectivity index (χ3n) is 6.93. The predicted molar refractivity (Wildman–Crippen MR) is 161 cm³/mol. The molecule has 2 aromatic heterocycles. The van der Waals surface area contributed by atoms with Gasteiger partial charge in [0.2, 0.25) is 0 Å². The molecule has 8 nitrogen and oxygen atoms in total. The summed E-state index contributed by atoms with van der Waals surface area (Å²) in [4.78, 5) is 15.4. The minimum absolute atomic E-state index is 0. The summed E-state index contributed by atoms with van der Waals surface area (Å²) in [5.41, 5.74) is 5.00. The first kappa shape index (κ1) is 32.7. The number of carboxylic acid groups (broad SMARTS) is 1. The second-order valence-electron chi connectivity index (χ2n) is 10.0. The summed E-state index contributed by atoms with van der Waals surface area (Å²) in [6.45, 7) is 4.17. The van der Waals surface area contributed by atoms with Crippen LogP contribution in [-0.2, 0) is 11.2 Å². The van der Waals surface area contributed by atoms with Crippen LogP contribution in [-0.4, -0.2) is 86.0 Å². The van der Waals surface area contributed by atoms with Crippen molar-refractivity contribution < 1.29 is 24.5 Å². The van der Waals surface area contributed by atoms with Gasteiger partial charge in [-0.05, 0) is 68.1 Å². The van der Waals surface area contributed by atoms with Gasteiger partial charge in [0.15, 0.2) is 0 Å². The van der Waals surface area contributed by atoms with Crippen molar-refractivity contribution in [1.29, 1.82) is 0 Å². The quantitative estimate of drug-likeness (QED) is 0.163. The molecule has 10 heteroatoms. The molecule has 0 fully saturated rings. The molecule has 3 atom stereocenters. The molecule has 4 rings (SSSR count). The maximum atomic E-state index is 13.9. The van der Waals surface area contributed by atoms with E-state index >= 15 is 0 Å². The number of hydrogen-bond acceptors (Lipinski definition) is 6. The van der Waals surface area contributed by atoms with Crippen LogP contribution in [0.4, 0.5) is 15.9 Å². The van der Waals surface area contributed by atoms with Crippen molar-refractivity contribution in [3.8, 4) is 16.9 Å². The Morgan fingerprint density at radius 1 is 1.05 bits per heavy atom. The molecule has 214 valence electrons. The predicted octanol–water partition coefficient (Wildman–Crippen LogP) is 4.93. The Morgan fingerprint density at radius 2 is 1.76 bits per heavy atom. The van der Waals surface area contributed by atoms with E-state index in [0.29, 0.717) is 18.7 Å². The number of carbonyl (C=O) groups is 1. The zero-order valence-corrected chi connectivity index (χ0v) is 22.7. The van der Waals surface area contributed by atoms with E-state index in [1.54, 1.807) is 18.3 Å². The zero-order valence-electron chi connectivity index (χ0n) is 22.7. The van der Waals surface area contributed by atoms with Crippen LogP contribution in [0, 0.1) is 5.82 Å². The first-order valence-electron chi connectivity index (χ1n) is 13.5. The minimum atomic E-state index is -1.13. The molecular formula is C31H37CaFN4O4. The molecule has 0 spiro atoms. The molecule has 1 unspecified atom stereocenters. The summed E-state index contributed by atoms with van der Waals surface area (Å²) in [5, 5.41) is 37.9. The standard InChI is InChI=1S/C31H35FN4O4.Ca.2H/c1-3-20(2)30-27(14-13-25(37)18-26(38)19-29(39)40)31(21-9-11-22(32)12-10-21)36(35-30)24-15-16-33-28(17-24)34-23-7-5-4-6-8-23;;;/h4-12,15-17,20,25-26,37-38H,3,13-14,18-19H2,1-2H3,(H,33,34)(H,39,40);;;/t20?,25-,26-;;;/m1.../s1. The number of aliphatic carboxylic acids is 1. The SMILES string of the molecule is CCC(C)c1nn(-c2ccnc(Nc3ccccc3)c2)c(-c2ccc(F)cc2)c1CC[C@@H](O)C[C@@H](O)CC(=O)O.[CaH2]. The number of aliphatic hydroxyl groups is 2. The number of aromatic nitrogens is 3. The Morgan fingerprint density at radius 3 is 2.41 bits per heavy atom. The van der Waals surface area contributed by atoms with E-state index in [2.05, 4.69) is 24.1 Å². The third-order valence-corrected chi connectivity index (χ3v) is 6.93. The number of hydrogen-bond donors (Lipinski definition) is 4. The van der Waals surface area contributed by atoms with Gasteiger partial charge in [-0.15, -0.1) is 0 Å². The molecular weight excluding hydrogens is 551 g/mol. The van der Waals surface area contributed by atoms with Crippen molar-refractivity contribution in [3.63, 3.8) is 0 Å². The molecule has 0 aliphatic carbocycles. The molecule has 0 amide bonds. The summed E-state index contributed by atoms with van der Waals surface area (Å²) in [6.07, 6.45) is 0.792. The number of para-hydroxylation sites is 1. The Balaban J connectivity index is 0.00000462. The summed E-state index contributed by atoms with van der Waals surface area (Å²) >= 11 is 0. The van der Waals surface area contributed by atoms with E-state index < -0.39 is 24.6 Å². The van der Waals surface area contributed by atoms with Crippen molar-refractivity contribution in [3.05, 3.63) is 90.0 Å². The Labute approximate surface area is 269 Å². The average molecular weight is 589 g/mol. The molecule has 2 aromatic carbocycles. The van der Waals surface area contributed by atoms with Gasteiger partial charge in [0.05, 0.1) is 35.7 Å². The van der Waals surface area contributed by atoms with Crippen molar-refractivity contribution in [2.24, 2.45) is 0 Å². The van der Waals surface area contributed by atoms with Gasteiger partial charge in [-0.2, -0.15) is 5.10 Å². The fourth-order valence-corrected chi connectivity index (χ4v) is 4.71. The topological polar surface area (TPSA) is 121 Å². The number of benzene rings is 2. The summed E-state index contributed by atoms with van der Waals surface area (Å²) in [7, 11) is 0. The van der Waals surface area contributed by atoms with Crippen LogP contribution in [0.2, 0.25) is 0 Å². The van der Waals surface area contributed by atoms with Crippen LogP contribution in [0.1, 0.15) is 56.7 Å². The normalized spacial score (nSPS) is 13.2. The molecule has 2 heterocycles. The molecule has 0 saturated heterocycles. The average Bonchev–Trinajstić information content (AvgIpc) is 3.31. The van der Waals surface area contributed by atoms with E-state index in [1.165, 1.54) is 12.1 Å². The number of anilines is 2. The van der Waals surface area contributed by atoms with Gasteiger partial charge in [0.25, 0.3) is 0 Å². The van der Waals surface area contributed by atoms with Crippen molar-refractivity contribution in [2.75, 3.05) is 5.32 Å². The van der Waals surface area contributed by atoms with Crippen molar-refractivity contribution in [2.45, 2.75) is 64.1 Å².